The van der Waals surface area contributed by atoms with Gasteiger partial charge in [-0.05, 0) is 48.4 Å². The molecule has 1 fully saturated rings. The van der Waals surface area contributed by atoms with Crippen molar-refractivity contribution in [2.45, 2.75) is 45.2 Å². The second-order valence-corrected chi connectivity index (χ2v) is 8.15. The molecule has 6 nitrogen and oxygen atoms in total. The van der Waals surface area contributed by atoms with E-state index < -0.39 is 0 Å². The third kappa shape index (κ3) is 4.50. The minimum Gasteiger partial charge on any atom is -0.494 e. The van der Waals surface area contributed by atoms with E-state index in [9.17, 15) is 4.79 Å². The highest BCUT2D eigenvalue weighted by Gasteiger charge is 2.32. The first-order valence-corrected chi connectivity index (χ1v) is 11.1. The molecule has 29 heavy (non-hydrogen) atoms. The Hall–Kier alpha value is -2.67. The van der Waals surface area contributed by atoms with E-state index in [0.717, 1.165) is 66.2 Å². The Labute approximate surface area is 174 Å². The molecule has 1 N–H and O–H groups in total. The van der Waals surface area contributed by atoms with E-state index in [-0.39, 0.29) is 11.9 Å². The lowest BCUT2D eigenvalue weighted by molar-refractivity contribution is -0.122. The van der Waals surface area contributed by atoms with Gasteiger partial charge in [0.1, 0.15) is 28.8 Å². The van der Waals surface area contributed by atoms with Crippen LogP contribution in [0.15, 0.2) is 42.0 Å². The summed E-state index contributed by atoms with van der Waals surface area (Å²) in [5.74, 6) is 1.76. The number of fused-ring (bicyclic) bond motifs is 1. The zero-order valence-electron chi connectivity index (χ0n) is 16.6. The maximum absolute atomic E-state index is 12.9. The number of anilines is 1. The van der Waals surface area contributed by atoms with E-state index in [4.69, 9.17) is 4.74 Å². The zero-order valence-corrected chi connectivity index (χ0v) is 17.5. The number of benzene rings is 1. The molecule has 0 bridgehead atoms. The van der Waals surface area contributed by atoms with Crippen molar-refractivity contribution in [3.05, 3.63) is 47.6 Å². The number of hydrogen-bond donors (Lipinski definition) is 1. The van der Waals surface area contributed by atoms with Crippen molar-refractivity contribution in [3.8, 4) is 5.75 Å². The largest absolute Gasteiger partial charge is 0.494 e. The van der Waals surface area contributed by atoms with Crippen molar-refractivity contribution in [2.75, 3.05) is 18.1 Å². The fourth-order valence-electron chi connectivity index (χ4n) is 3.69. The van der Waals surface area contributed by atoms with E-state index >= 15 is 0 Å². The van der Waals surface area contributed by atoms with Gasteiger partial charge in [0.15, 0.2) is 0 Å². The molecule has 1 amide bonds. The number of aromatic nitrogens is 2. The molecule has 1 aliphatic rings. The highest BCUT2D eigenvalue weighted by atomic mass is 32.1. The van der Waals surface area contributed by atoms with Crippen molar-refractivity contribution in [1.29, 1.82) is 0 Å². The van der Waals surface area contributed by atoms with E-state index in [2.05, 4.69) is 27.1 Å². The van der Waals surface area contributed by atoms with Crippen LogP contribution < -0.4 is 15.0 Å². The molecule has 2 aromatic heterocycles. The fourth-order valence-corrected chi connectivity index (χ4v) is 4.41. The molecule has 0 saturated carbocycles. The van der Waals surface area contributed by atoms with E-state index in [1.165, 1.54) is 0 Å². The van der Waals surface area contributed by atoms with Gasteiger partial charge in [-0.1, -0.05) is 25.5 Å². The van der Waals surface area contributed by atoms with Crippen LogP contribution in [0.2, 0.25) is 0 Å². The topological polar surface area (TPSA) is 67.3 Å². The molecule has 1 aromatic carbocycles. The summed E-state index contributed by atoms with van der Waals surface area (Å²) in [5, 5.41) is 6.14. The van der Waals surface area contributed by atoms with Crippen LogP contribution in [0.4, 0.5) is 5.82 Å². The average molecular weight is 411 g/mol. The molecule has 7 heteroatoms. The molecule has 0 aliphatic carbocycles. The van der Waals surface area contributed by atoms with Crippen LogP contribution in [0.1, 0.15) is 38.2 Å². The number of hydrogen-bond acceptors (Lipinski definition) is 6. The van der Waals surface area contributed by atoms with Crippen molar-refractivity contribution < 1.29 is 9.53 Å². The Morgan fingerprint density at radius 2 is 2.28 bits per heavy atom. The monoisotopic (exact) mass is 410 g/mol. The van der Waals surface area contributed by atoms with Crippen molar-refractivity contribution in [3.63, 3.8) is 0 Å². The smallest absolute Gasteiger partial charge is 0.243 e. The van der Waals surface area contributed by atoms with Gasteiger partial charge in [-0.15, -0.1) is 11.3 Å². The molecular formula is C22H26N4O2S. The molecule has 3 aromatic rings. The third-order valence-electron chi connectivity index (χ3n) is 5.20. The Morgan fingerprint density at radius 3 is 3.17 bits per heavy atom. The Balaban J connectivity index is 1.41. The number of rotatable bonds is 8. The zero-order chi connectivity index (χ0) is 20.1. The number of unbranched alkanes of at least 4 members (excludes halogenated alkanes) is 1. The van der Waals surface area contributed by atoms with Gasteiger partial charge in [-0.2, -0.15) is 0 Å². The van der Waals surface area contributed by atoms with Gasteiger partial charge < -0.3 is 15.0 Å². The van der Waals surface area contributed by atoms with E-state index in [1.807, 2.05) is 35.7 Å². The van der Waals surface area contributed by atoms with Crippen molar-refractivity contribution in [1.82, 2.24) is 15.3 Å². The lowest BCUT2D eigenvalue weighted by Crippen LogP contribution is -2.43. The van der Waals surface area contributed by atoms with Crippen LogP contribution in [0.3, 0.4) is 0 Å². The van der Waals surface area contributed by atoms with E-state index in [0.29, 0.717) is 6.54 Å². The summed E-state index contributed by atoms with van der Waals surface area (Å²) in [6.45, 7) is 4.19. The molecule has 3 heterocycles. The predicted octanol–water partition coefficient (Wildman–Crippen LogP) is 4.16. The number of carbonyl (C=O) groups is 1. The van der Waals surface area contributed by atoms with Gasteiger partial charge in [0.05, 0.1) is 12.0 Å². The summed E-state index contributed by atoms with van der Waals surface area (Å²) < 4.78 is 5.77. The molecule has 4 rings (SSSR count). The van der Waals surface area contributed by atoms with Gasteiger partial charge in [-0.3, -0.25) is 4.79 Å². The number of carbonyl (C=O) groups excluding carboxylic acids is 1. The number of ether oxygens (including phenoxy) is 1. The van der Waals surface area contributed by atoms with Crippen LogP contribution in [0, 0.1) is 0 Å². The summed E-state index contributed by atoms with van der Waals surface area (Å²) in [4.78, 5) is 24.8. The normalized spacial score (nSPS) is 16.3. The maximum atomic E-state index is 12.9. The van der Waals surface area contributed by atoms with Gasteiger partial charge in [0, 0.05) is 13.1 Å². The Bertz CT molecular complexity index is 974. The van der Waals surface area contributed by atoms with Gasteiger partial charge in [-0.25, -0.2) is 9.97 Å². The molecular weight excluding hydrogens is 384 g/mol. The van der Waals surface area contributed by atoms with Crippen LogP contribution in [-0.4, -0.2) is 35.1 Å². The van der Waals surface area contributed by atoms with Crippen molar-refractivity contribution in [2.24, 2.45) is 0 Å². The first-order valence-electron chi connectivity index (χ1n) is 10.2. The SMILES string of the molecule is CCCCOc1cccc(CNC(=O)C2CCCN2c2ncnc3sccc23)c1. The number of amides is 1. The van der Waals surface area contributed by atoms with E-state index in [1.54, 1.807) is 17.7 Å². The molecule has 1 atom stereocenters. The molecule has 1 unspecified atom stereocenters. The van der Waals surface area contributed by atoms with Crippen LogP contribution in [0.25, 0.3) is 10.2 Å². The van der Waals surface area contributed by atoms with Crippen LogP contribution in [-0.2, 0) is 11.3 Å². The lowest BCUT2D eigenvalue weighted by atomic mass is 10.1. The summed E-state index contributed by atoms with van der Waals surface area (Å²) in [5.41, 5.74) is 1.04. The second-order valence-electron chi connectivity index (χ2n) is 7.26. The summed E-state index contributed by atoms with van der Waals surface area (Å²) in [6, 6.07) is 9.78. The summed E-state index contributed by atoms with van der Waals surface area (Å²) >= 11 is 1.60. The second kappa shape index (κ2) is 9.22. The summed E-state index contributed by atoms with van der Waals surface area (Å²) in [7, 11) is 0. The van der Waals surface area contributed by atoms with Crippen molar-refractivity contribution >= 4 is 33.3 Å². The highest BCUT2D eigenvalue weighted by Crippen LogP contribution is 2.31. The number of nitrogens with zero attached hydrogens (tertiary/aromatic N) is 3. The minimum atomic E-state index is -0.197. The predicted molar refractivity (Wildman–Crippen MR) is 116 cm³/mol. The van der Waals surface area contributed by atoms with Gasteiger partial charge in [0.2, 0.25) is 5.91 Å². The molecule has 152 valence electrons. The fraction of sp³-hybridized carbons (Fsp3) is 0.409. The Morgan fingerprint density at radius 1 is 1.34 bits per heavy atom. The minimum absolute atomic E-state index is 0.0433. The van der Waals surface area contributed by atoms with Crippen LogP contribution >= 0.6 is 11.3 Å². The first-order chi connectivity index (χ1) is 14.3. The third-order valence-corrected chi connectivity index (χ3v) is 6.02. The highest BCUT2D eigenvalue weighted by molar-refractivity contribution is 7.16. The standard InChI is InChI=1S/C22H26N4O2S/c1-2-3-11-28-17-7-4-6-16(13-17)14-23-21(27)19-8-5-10-26(19)20-18-9-12-29-22(18)25-15-24-20/h4,6-7,9,12-13,15,19H,2-3,5,8,10-11,14H2,1H3,(H,23,27). The number of thiophene rings is 1. The van der Waals surface area contributed by atoms with Crippen LogP contribution in [0.5, 0.6) is 5.75 Å². The quantitative estimate of drug-likeness (QED) is 0.565. The molecule has 1 saturated heterocycles. The Kier molecular flexibility index (Phi) is 6.24. The number of nitrogens with one attached hydrogen (secondary N) is 1. The maximum Gasteiger partial charge on any atom is 0.243 e. The first kappa shape index (κ1) is 19.6. The lowest BCUT2D eigenvalue weighted by Gasteiger charge is -2.25. The molecule has 0 spiro atoms. The average Bonchev–Trinajstić information content (AvgIpc) is 3.42. The van der Waals surface area contributed by atoms with Gasteiger partial charge in [0.25, 0.3) is 0 Å². The summed E-state index contributed by atoms with van der Waals surface area (Å²) in [6.07, 6.45) is 5.55. The van der Waals surface area contributed by atoms with Gasteiger partial charge >= 0.3 is 0 Å². The molecule has 1 aliphatic heterocycles. The molecule has 0 radical (unpaired) electrons.